The molecule has 0 saturated heterocycles. The molecule has 0 spiro atoms. The van der Waals surface area contributed by atoms with Crippen molar-refractivity contribution in [2.24, 2.45) is 5.84 Å². The Hall–Kier alpha value is -0.0900. The molecule has 1 atom stereocenters. The summed E-state index contributed by atoms with van der Waals surface area (Å²) in [6.07, 6.45) is 11.6. The molecule has 0 aliphatic rings. The van der Waals surface area contributed by atoms with Crippen LogP contribution in [0.15, 0.2) is 22.7 Å². The van der Waals surface area contributed by atoms with Crippen molar-refractivity contribution >= 4 is 27.5 Å². The second-order valence-electron chi connectivity index (χ2n) is 5.63. The highest BCUT2D eigenvalue weighted by molar-refractivity contribution is 9.10. The fraction of sp³-hybridized carbons (Fsp3) is 0.647. The van der Waals surface area contributed by atoms with Crippen LogP contribution in [0, 0.1) is 0 Å². The number of rotatable bonds is 11. The van der Waals surface area contributed by atoms with Gasteiger partial charge in [-0.25, -0.2) is 0 Å². The number of nitrogens with two attached hydrogens (primary N) is 1. The zero-order chi connectivity index (χ0) is 15.5. The average molecular weight is 376 g/mol. The van der Waals surface area contributed by atoms with Crippen LogP contribution >= 0.6 is 27.5 Å². The predicted molar refractivity (Wildman–Crippen MR) is 96.4 cm³/mol. The van der Waals surface area contributed by atoms with Crippen LogP contribution in [0.4, 0.5) is 0 Å². The monoisotopic (exact) mass is 374 g/mol. The van der Waals surface area contributed by atoms with E-state index in [0.29, 0.717) is 0 Å². The molecule has 21 heavy (non-hydrogen) atoms. The molecule has 120 valence electrons. The summed E-state index contributed by atoms with van der Waals surface area (Å²) in [5.41, 5.74) is 3.98. The van der Waals surface area contributed by atoms with E-state index in [1.54, 1.807) is 0 Å². The maximum absolute atomic E-state index is 6.34. The summed E-state index contributed by atoms with van der Waals surface area (Å²) in [5, 5.41) is 0.764. The molecular formula is C17H28BrClN2. The van der Waals surface area contributed by atoms with E-state index in [-0.39, 0.29) is 6.04 Å². The van der Waals surface area contributed by atoms with E-state index < -0.39 is 0 Å². The van der Waals surface area contributed by atoms with Crippen molar-refractivity contribution in [1.29, 1.82) is 0 Å². The third-order valence-corrected chi connectivity index (χ3v) is 5.22. The molecule has 0 radical (unpaired) electrons. The molecule has 0 fully saturated rings. The van der Waals surface area contributed by atoms with Gasteiger partial charge in [-0.05, 0) is 34.0 Å². The average Bonchev–Trinajstić information content (AvgIpc) is 2.49. The van der Waals surface area contributed by atoms with Crippen LogP contribution in [0.5, 0.6) is 0 Å². The van der Waals surface area contributed by atoms with Gasteiger partial charge in [0, 0.05) is 10.5 Å². The Morgan fingerprint density at radius 1 is 1.10 bits per heavy atom. The number of nitrogens with one attached hydrogen (secondary N) is 1. The zero-order valence-electron chi connectivity index (χ0n) is 13.0. The Labute approximate surface area is 142 Å². The highest BCUT2D eigenvalue weighted by Gasteiger charge is 2.14. The number of hydrogen-bond donors (Lipinski definition) is 2. The van der Waals surface area contributed by atoms with Gasteiger partial charge in [0.05, 0.1) is 5.02 Å². The summed E-state index contributed by atoms with van der Waals surface area (Å²) < 4.78 is 0.929. The molecule has 1 aromatic carbocycles. The fourth-order valence-corrected chi connectivity index (χ4v) is 3.24. The molecular weight excluding hydrogens is 348 g/mol. The van der Waals surface area contributed by atoms with Crippen molar-refractivity contribution in [3.8, 4) is 0 Å². The van der Waals surface area contributed by atoms with Gasteiger partial charge in [0.1, 0.15) is 0 Å². The summed E-state index contributed by atoms with van der Waals surface area (Å²) in [4.78, 5) is 0. The first-order valence-corrected chi connectivity index (χ1v) is 9.27. The standard InChI is InChI=1S/C17H28BrClN2/c1-2-3-4-5-6-7-8-9-13-16(21-20)14-11-10-12-15(18)17(14)19/h10-12,16,21H,2-9,13,20H2,1H3. The molecule has 0 heterocycles. The van der Waals surface area contributed by atoms with Crippen LogP contribution in [0.25, 0.3) is 0 Å². The zero-order valence-corrected chi connectivity index (χ0v) is 15.3. The first-order valence-electron chi connectivity index (χ1n) is 8.10. The highest BCUT2D eigenvalue weighted by Crippen LogP contribution is 2.32. The third kappa shape index (κ3) is 7.14. The smallest absolute Gasteiger partial charge is 0.0596 e. The largest absolute Gasteiger partial charge is 0.271 e. The molecule has 4 heteroatoms. The Kier molecular flexibility index (Phi) is 10.4. The van der Waals surface area contributed by atoms with Gasteiger partial charge in [-0.2, -0.15) is 0 Å². The van der Waals surface area contributed by atoms with Gasteiger partial charge in [-0.3, -0.25) is 11.3 Å². The van der Waals surface area contributed by atoms with Crippen LogP contribution in [-0.2, 0) is 0 Å². The SMILES string of the molecule is CCCCCCCCCCC(NN)c1cccc(Br)c1Cl. The van der Waals surface area contributed by atoms with E-state index >= 15 is 0 Å². The Bertz CT molecular complexity index is 398. The van der Waals surface area contributed by atoms with Gasteiger partial charge in [0.25, 0.3) is 0 Å². The van der Waals surface area contributed by atoms with Gasteiger partial charge in [0.15, 0.2) is 0 Å². The second-order valence-corrected chi connectivity index (χ2v) is 6.86. The van der Waals surface area contributed by atoms with Crippen LogP contribution in [0.1, 0.15) is 76.3 Å². The van der Waals surface area contributed by atoms with Crippen molar-refractivity contribution in [3.63, 3.8) is 0 Å². The Morgan fingerprint density at radius 3 is 2.33 bits per heavy atom. The van der Waals surface area contributed by atoms with E-state index in [0.717, 1.165) is 21.5 Å². The number of halogens is 2. The quantitative estimate of drug-likeness (QED) is 0.277. The molecule has 0 aromatic heterocycles. The van der Waals surface area contributed by atoms with Crippen molar-refractivity contribution in [2.45, 2.75) is 70.8 Å². The summed E-state index contributed by atoms with van der Waals surface area (Å²) in [7, 11) is 0. The number of benzene rings is 1. The van der Waals surface area contributed by atoms with Gasteiger partial charge in [-0.15, -0.1) is 0 Å². The minimum atomic E-state index is 0.134. The lowest BCUT2D eigenvalue weighted by molar-refractivity contribution is 0.475. The summed E-state index contributed by atoms with van der Waals surface area (Å²) in [5.74, 6) is 5.70. The number of hydrazine groups is 1. The topological polar surface area (TPSA) is 38.0 Å². The van der Waals surface area contributed by atoms with Crippen LogP contribution in [0.3, 0.4) is 0 Å². The molecule has 1 unspecified atom stereocenters. The molecule has 2 nitrogen and oxygen atoms in total. The van der Waals surface area contributed by atoms with E-state index in [1.807, 2.05) is 18.2 Å². The summed E-state index contributed by atoms with van der Waals surface area (Å²) in [6, 6.07) is 6.14. The third-order valence-electron chi connectivity index (χ3n) is 3.90. The van der Waals surface area contributed by atoms with E-state index in [4.69, 9.17) is 17.4 Å². The summed E-state index contributed by atoms with van der Waals surface area (Å²) >= 11 is 9.80. The van der Waals surface area contributed by atoms with Crippen molar-refractivity contribution in [3.05, 3.63) is 33.3 Å². The van der Waals surface area contributed by atoms with Crippen molar-refractivity contribution in [2.75, 3.05) is 0 Å². The van der Waals surface area contributed by atoms with E-state index in [2.05, 4.69) is 28.3 Å². The molecule has 0 saturated carbocycles. The van der Waals surface area contributed by atoms with E-state index in [1.165, 1.54) is 51.4 Å². The minimum absolute atomic E-state index is 0.134. The van der Waals surface area contributed by atoms with Gasteiger partial charge in [0.2, 0.25) is 0 Å². The van der Waals surface area contributed by atoms with Crippen LogP contribution in [0.2, 0.25) is 5.02 Å². The van der Waals surface area contributed by atoms with Crippen LogP contribution < -0.4 is 11.3 Å². The first kappa shape index (κ1) is 19.0. The maximum atomic E-state index is 6.34. The second kappa shape index (κ2) is 11.5. The first-order chi connectivity index (χ1) is 10.2. The predicted octanol–water partition coefficient (Wildman–Crippen LogP) is 6.14. The van der Waals surface area contributed by atoms with Gasteiger partial charge >= 0.3 is 0 Å². The lowest BCUT2D eigenvalue weighted by Crippen LogP contribution is -2.28. The summed E-state index contributed by atoms with van der Waals surface area (Å²) in [6.45, 7) is 2.26. The molecule has 0 aliphatic heterocycles. The van der Waals surface area contributed by atoms with Crippen molar-refractivity contribution < 1.29 is 0 Å². The minimum Gasteiger partial charge on any atom is -0.271 e. The van der Waals surface area contributed by atoms with Gasteiger partial charge in [-0.1, -0.05) is 82.0 Å². The molecule has 0 aliphatic carbocycles. The van der Waals surface area contributed by atoms with Crippen LogP contribution in [-0.4, -0.2) is 0 Å². The van der Waals surface area contributed by atoms with Gasteiger partial charge < -0.3 is 0 Å². The maximum Gasteiger partial charge on any atom is 0.0596 e. The lowest BCUT2D eigenvalue weighted by Gasteiger charge is -2.18. The van der Waals surface area contributed by atoms with E-state index in [9.17, 15) is 0 Å². The fourth-order valence-electron chi connectivity index (χ4n) is 2.60. The number of unbranched alkanes of at least 4 members (excludes halogenated alkanes) is 7. The number of hydrogen-bond acceptors (Lipinski definition) is 2. The lowest BCUT2D eigenvalue weighted by atomic mass is 10.00. The highest BCUT2D eigenvalue weighted by atomic mass is 79.9. The molecule has 0 amide bonds. The molecule has 1 aromatic rings. The molecule has 3 N–H and O–H groups in total. The normalized spacial score (nSPS) is 12.6. The Morgan fingerprint density at radius 2 is 1.71 bits per heavy atom. The Balaban J connectivity index is 2.27. The molecule has 1 rings (SSSR count). The molecule has 0 bridgehead atoms. The van der Waals surface area contributed by atoms with Crippen molar-refractivity contribution in [1.82, 2.24) is 5.43 Å².